The first-order valence-electron chi connectivity index (χ1n) is 40.8. The van der Waals surface area contributed by atoms with Gasteiger partial charge >= 0.3 is 39.5 Å². The summed E-state index contributed by atoms with van der Waals surface area (Å²) >= 11 is 0. The van der Waals surface area contributed by atoms with Crippen molar-refractivity contribution >= 4 is 39.5 Å². The number of hydrogen-bond acceptors (Lipinski definition) is 15. The average molecular weight is 1450 g/mol. The highest BCUT2D eigenvalue weighted by Crippen LogP contribution is 2.45. The fraction of sp³-hybridized carbons (Fsp3) is 0.900. The summed E-state index contributed by atoms with van der Waals surface area (Å²) in [4.78, 5) is 72.8. The molecule has 0 radical (unpaired) electrons. The van der Waals surface area contributed by atoms with Gasteiger partial charge in [-0.3, -0.25) is 37.3 Å². The molecule has 0 aromatic carbocycles. The maximum absolute atomic E-state index is 13.1. The van der Waals surface area contributed by atoms with Crippen molar-refractivity contribution in [1.82, 2.24) is 0 Å². The highest BCUT2D eigenvalue weighted by atomic mass is 31.2. The van der Waals surface area contributed by atoms with Crippen LogP contribution in [0.4, 0.5) is 0 Å². The van der Waals surface area contributed by atoms with Gasteiger partial charge in [-0.1, -0.05) is 342 Å². The number of unbranched alkanes of at least 4 members (excludes halogenated alkanes) is 44. The van der Waals surface area contributed by atoms with E-state index in [1.165, 1.54) is 186 Å². The minimum absolute atomic E-state index is 0.0848. The Hall–Kier alpha value is -2.46. The highest BCUT2D eigenvalue weighted by Gasteiger charge is 2.30. The van der Waals surface area contributed by atoms with Gasteiger partial charge in [0.25, 0.3) is 0 Å². The molecular weight excluding hydrogens is 1290 g/mol. The van der Waals surface area contributed by atoms with E-state index in [1.807, 2.05) is 0 Å². The standard InChI is InChI=1S/C80H152O17P2/c1-7-9-11-13-15-16-17-18-23-29-35-40-46-52-58-64-79(84)96-75(68-90-77(82)62-56-50-42-14-12-10-8-2)70-94-98(86,87)92-66-74(81)67-93-99(88,89)95-71-76(69-91-78(83)63-57-51-45-39-34-31-26-28-33-38-44-49-55-61-73(5)6)97-80(85)65-59-53-47-41-36-30-25-22-20-19-21-24-27-32-37-43-48-54-60-72(3)4/h16-18,23,72-76,81H,7-15,19-22,24-71H2,1-6H3,(H,86,87)(H,88,89)/b17-16-,23-18-/t74-,75+,76+/m0/s1. The number of esters is 4. The van der Waals surface area contributed by atoms with Crippen LogP contribution in [-0.2, 0) is 65.4 Å². The molecular formula is C80H152O17P2. The van der Waals surface area contributed by atoms with Gasteiger partial charge in [0.1, 0.15) is 19.3 Å². The average Bonchev–Trinajstić information content (AvgIpc) is 1.25. The van der Waals surface area contributed by atoms with Crippen LogP contribution in [0.15, 0.2) is 24.3 Å². The summed E-state index contributed by atoms with van der Waals surface area (Å²) in [5.74, 6) is -0.537. The Morgan fingerprint density at radius 3 is 0.828 bits per heavy atom. The maximum Gasteiger partial charge on any atom is 0.472 e. The van der Waals surface area contributed by atoms with E-state index in [0.717, 1.165) is 127 Å². The fourth-order valence-corrected chi connectivity index (χ4v) is 13.4. The lowest BCUT2D eigenvalue weighted by atomic mass is 10.0. The molecule has 5 atom stereocenters. The van der Waals surface area contributed by atoms with Crippen molar-refractivity contribution in [2.75, 3.05) is 39.6 Å². The van der Waals surface area contributed by atoms with E-state index in [0.29, 0.717) is 25.7 Å². The Kier molecular flexibility index (Phi) is 69.4. The van der Waals surface area contributed by atoms with Gasteiger partial charge in [-0.2, -0.15) is 0 Å². The molecule has 584 valence electrons. The number of aliphatic hydroxyl groups excluding tert-OH is 1. The fourth-order valence-electron chi connectivity index (χ4n) is 11.8. The number of phosphoric acid groups is 2. The Labute approximate surface area is 605 Å². The van der Waals surface area contributed by atoms with Crippen molar-refractivity contribution in [2.45, 2.75) is 413 Å². The minimum Gasteiger partial charge on any atom is -0.462 e. The number of phosphoric ester groups is 2. The van der Waals surface area contributed by atoms with Gasteiger partial charge in [0.05, 0.1) is 26.4 Å². The molecule has 0 heterocycles. The number of rotatable bonds is 77. The molecule has 0 saturated carbocycles. The lowest BCUT2D eigenvalue weighted by Crippen LogP contribution is -2.30. The third kappa shape index (κ3) is 73.6. The zero-order valence-electron chi connectivity index (χ0n) is 64.3. The number of aliphatic hydroxyl groups is 1. The Bertz CT molecular complexity index is 2000. The zero-order valence-corrected chi connectivity index (χ0v) is 66.1. The molecule has 0 rings (SSSR count). The maximum atomic E-state index is 13.1. The third-order valence-corrected chi connectivity index (χ3v) is 20.0. The van der Waals surface area contributed by atoms with Crippen molar-refractivity contribution in [2.24, 2.45) is 11.8 Å². The van der Waals surface area contributed by atoms with Crippen molar-refractivity contribution in [3.63, 3.8) is 0 Å². The van der Waals surface area contributed by atoms with Crippen molar-refractivity contribution < 1.29 is 80.2 Å². The summed E-state index contributed by atoms with van der Waals surface area (Å²) in [7, 11) is -9.92. The van der Waals surface area contributed by atoms with Gasteiger partial charge in [0.2, 0.25) is 0 Å². The van der Waals surface area contributed by atoms with E-state index in [2.05, 4.69) is 65.8 Å². The minimum atomic E-state index is -4.96. The van der Waals surface area contributed by atoms with Gasteiger partial charge < -0.3 is 33.8 Å². The molecule has 0 bridgehead atoms. The molecule has 0 aliphatic heterocycles. The smallest absolute Gasteiger partial charge is 0.462 e. The van der Waals surface area contributed by atoms with Crippen LogP contribution in [0.5, 0.6) is 0 Å². The molecule has 0 fully saturated rings. The molecule has 0 aliphatic rings. The molecule has 17 nitrogen and oxygen atoms in total. The molecule has 0 saturated heterocycles. The molecule has 0 spiro atoms. The van der Waals surface area contributed by atoms with Gasteiger partial charge in [-0.25, -0.2) is 9.13 Å². The lowest BCUT2D eigenvalue weighted by Gasteiger charge is -2.21. The molecule has 0 aliphatic carbocycles. The topological polar surface area (TPSA) is 237 Å². The van der Waals surface area contributed by atoms with Crippen LogP contribution in [0.2, 0.25) is 0 Å². The monoisotopic (exact) mass is 1450 g/mol. The first kappa shape index (κ1) is 96.5. The second kappa shape index (κ2) is 71.2. The van der Waals surface area contributed by atoms with Crippen LogP contribution in [0, 0.1) is 11.8 Å². The third-order valence-electron chi connectivity index (χ3n) is 18.1. The quantitative estimate of drug-likeness (QED) is 0.0169. The van der Waals surface area contributed by atoms with E-state index < -0.39 is 97.5 Å². The predicted molar refractivity (Wildman–Crippen MR) is 404 cm³/mol. The second-order valence-electron chi connectivity index (χ2n) is 29.1. The predicted octanol–water partition coefficient (Wildman–Crippen LogP) is 23.4. The summed E-state index contributed by atoms with van der Waals surface area (Å²) in [5.41, 5.74) is 0. The lowest BCUT2D eigenvalue weighted by molar-refractivity contribution is -0.161. The molecule has 2 unspecified atom stereocenters. The molecule has 99 heavy (non-hydrogen) atoms. The number of hydrogen-bond donors (Lipinski definition) is 3. The van der Waals surface area contributed by atoms with Crippen LogP contribution in [0.25, 0.3) is 0 Å². The summed E-state index contributed by atoms with van der Waals surface area (Å²) in [6, 6.07) is 0. The molecule has 19 heteroatoms. The van der Waals surface area contributed by atoms with Crippen LogP contribution in [0.1, 0.15) is 395 Å². The largest absolute Gasteiger partial charge is 0.472 e. The van der Waals surface area contributed by atoms with Crippen molar-refractivity contribution in [1.29, 1.82) is 0 Å². The first-order chi connectivity index (χ1) is 47.9. The number of carbonyl (C=O) groups excluding carboxylic acids is 4. The van der Waals surface area contributed by atoms with Gasteiger partial charge in [-0.15, -0.1) is 0 Å². The molecule has 0 aromatic rings. The van der Waals surface area contributed by atoms with Gasteiger partial charge in [0.15, 0.2) is 12.2 Å². The Morgan fingerprint density at radius 2 is 0.545 bits per heavy atom. The van der Waals surface area contributed by atoms with E-state index >= 15 is 0 Å². The SMILES string of the molecule is CCCCCC/C=C\C=C/CCCCCCCC(=O)O[C@H](COC(=O)CCCCCCCCC)COP(=O)(O)OC[C@H](O)COP(=O)(O)OC[C@@H](COC(=O)CCCCCCCCCCCCCCCC(C)C)OC(=O)CCCCCCCCCCCCCCCCCCCCC(C)C. The summed E-state index contributed by atoms with van der Waals surface area (Å²) in [6.45, 7) is 9.57. The first-order valence-corrected chi connectivity index (χ1v) is 43.8. The number of allylic oxidation sites excluding steroid dienone is 4. The van der Waals surface area contributed by atoms with Crippen LogP contribution < -0.4 is 0 Å². The van der Waals surface area contributed by atoms with Crippen LogP contribution >= 0.6 is 15.6 Å². The molecule has 0 amide bonds. The summed E-state index contributed by atoms with van der Waals surface area (Å²) in [6.07, 6.45) is 63.4. The summed E-state index contributed by atoms with van der Waals surface area (Å²) in [5, 5.41) is 10.6. The number of carbonyl (C=O) groups is 4. The van der Waals surface area contributed by atoms with Crippen molar-refractivity contribution in [3.8, 4) is 0 Å². The zero-order chi connectivity index (χ0) is 72.8. The van der Waals surface area contributed by atoms with Crippen LogP contribution in [-0.4, -0.2) is 96.7 Å². The van der Waals surface area contributed by atoms with Gasteiger partial charge in [0, 0.05) is 25.7 Å². The summed E-state index contributed by atoms with van der Waals surface area (Å²) < 4.78 is 68.5. The van der Waals surface area contributed by atoms with Crippen LogP contribution in [0.3, 0.4) is 0 Å². The normalized spacial score (nSPS) is 14.1. The second-order valence-corrected chi connectivity index (χ2v) is 32.0. The molecule has 3 N–H and O–H groups in total. The van der Waals surface area contributed by atoms with E-state index in [-0.39, 0.29) is 25.7 Å². The van der Waals surface area contributed by atoms with E-state index in [1.54, 1.807) is 0 Å². The molecule has 0 aromatic heterocycles. The van der Waals surface area contributed by atoms with E-state index in [9.17, 15) is 43.2 Å². The Morgan fingerprint density at radius 1 is 0.313 bits per heavy atom. The highest BCUT2D eigenvalue weighted by molar-refractivity contribution is 7.47. The Balaban J connectivity index is 5.20. The number of ether oxygens (including phenoxy) is 4. The van der Waals surface area contributed by atoms with Crippen molar-refractivity contribution in [3.05, 3.63) is 24.3 Å². The van der Waals surface area contributed by atoms with E-state index in [4.69, 9.17) is 37.0 Å². The van der Waals surface area contributed by atoms with Gasteiger partial charge in [-0.05, 0) is 63.2 Å².